The number of nitrogens with zero attached hydrogens (tertiary/aromatic N) is 2. The number of nitrogens with two attached hydrogens (primary N) is 1. The van der Waals surface area contributed by atoms with Gasteiger partial charge in [0, 0.05) is 17.9 Å². The van der Waals surface area contributed by atoms with Crippen LogP contribution in [0.4, 0.5) is 11.4 Å². The van der Waals surface area contributed by atoms with Crippen LogP contribution in [0.25, 0.3) is 11.1 Å². The minimum Gasteiger partial charge on any atom is -0.497 e. The maximum absolute atomic E-state index is 10.0. The van der Waals surface area contributed by atoms with Crippen LogP contribution in [0.1, 0.15) is 30.0 Å². The van der Waals surface area contributed by atoms with Crippen LogP contribution in [0, 0.1) is 11.3 Å². The first-order chi connectivity index (χ1) is 13.7. The molecular weight excluding hydrogens is 346 g/mol. The lowest BCUT2D eigenvalue weighted by Crippen LogP contribution is -2.26. The molecule has 2 atom stereocenters. The van der Waals surface area contributed by atoms with E-state index in [9.17, 15) is 5.26 Å². The summed E-state index contributed by atoms with van der Waals surface area (Å²) in [5.41, 5.74) is 12.1. The second-order valence-corrected chi connectivity index (χ2v) is 7.01. The third-order valence-electron chi connectivity index (χ3n) is 5.48. The third-order valence-corrected chi connectivity index (χ3v) is 5.48. The number of methoxy groups -OCH3 is 1. The Morgan fingerprint density at radius 2 is 1.79 bits per heavy atom. The van der Waals surface area contributed by atoms with Gasteiger partial charge in [0.25, 0.3) is 0 Å². The molecule has 0 saturated carbocycles. The molecule has 1 aliphatic rings. The number of nitrogen functional groups attached to an aromatic ring is 1. The van der Waals surface area contributed by atoms with Crippen LogP contribution in [0.3, 0.4) is 0 Å². The number of nitriles is 1. The van der Waals surface area contributed by atoms with Crippen molar-refractivity contribution in [3.63, 3.8) is 0 Å². The maximum Gasteiger partial charge on any atom is 0.119 e. The van der Waals surface area contributed by atoms with Gasteiger partial charge in [-0.25, -0.2) is 0 Å². The Kier molecular flexibility index (Phi) is 4.67. The van der Waals surface area contributed by atoms with E-state index in [0.717, 1.165) is 45.9 Å². The highest BCUT2D eigenvalue weighted by Gasteiger charge is 2.39. The zero-order valence-corrected chi connectivity index (χ0v) is 16.1. The van der Waals surface area contributed by atoms with Crippen LogP contribution in [0.15, 0.2) is 66.7 Å². The number of hydrogen-bond acceptors (Lipinski definition) is 4. The summed E-state index contributed by atoms with van der Waals surface area (Å²) < 4.78 is 5.36. The van der Waals surface area contributed by atoms with Gasteiger partial charge in [-0.15, -0.1) is 0 Å². The van der Waals surface area contributed by atoms with Crippen molar-refractivity contribution >= 4 is 11.4 Å². The van der Waals surface area contributed by atoms with Gasteiger partial charge in [-0.2, -0.15) is 5.26 Å². The Hall–Kier alpha value is -3.45. The summed E-state index contributed by atoms with van der Waals surface area (Å²) in [4.78, 5) is 2.31. The van der Waals surface area contributed by atoms with Crippen LogP contribution in [0.2, 0.25) is 0 Å². The highest BCUT2D eigenvalue weighted by Crippen LogP contribution is 2.49. The minimum atomic E-state index is -0.232. The van der Waals surface area contributed by atoms with Crippen LogP contribution in [-0.4, -0.2) is 13.7 Å². The molecule has 2 unspecified atom stereocenters. The molecule has 3 aromatic carbocycles. The molecule has 0 spiro atoms. The molecule has 4 nitrogen and oxygen atoms in total. The summed E-state index contributed by atoms with van der Waals surface area (Å²) in [5.74, 6) is 0.592. The van der Waals surface area contributed by atoms with E-state index >= 15 is 0 Å². The molecule has 0 aliphatic carbocycles. The van der Waals surface area contributed by atoms with Crippen molar-refractivity contribution < 1.29 is 4.74 Å². The fraction of sp³-hybridized carbons (Fsp3) is 0.208. The fourth-order valence-electron chi connectivity index (χ4n) is 4.12. The van der Waals surface area contributed by atoms with Gasteiger partial charge in [-0.3, -0.25) is 0 Å². The fourth-order valence-corrected chi connectivity index (χ4v) is 4.12. The van der Waals surface area contributed by atoms with Crippen LogP contribution >= 0.6 is 0 Å². The summed E-state index contributed by atoms with van der Waals surface area (Å²) in [7, 11) is 1.67. The monoisotopic (exact) mass is 369 g/mol. The summed E-state index contributed by atoms with van der Waals surface area (Å²) in [5, 5.41) is 10.0. The largest absolute Gasteiger partial charge is 0.497 e. The zero-order chi connectivity index (χ0) is 19.7. The first-order valence-corrected chi connectivity index (χ1v) is 9.46. The molecule has 0 saturated heterocycles. The number of rotatable bonds is 4. The molecule has 0 fully saturated rings. The minimum absolute atomic E-state index is 0.00819. The summed E-state index contributed by atoms with van der Waals surface area (Å²) >= 11 is 0. The van der Waals surface area contributed by atoms with Gasteiger partial charge in [0.1, 0.15) is 5.75 Å². The summed E-state index contributed by atoms with van der Waals surface area (Å²) in [6, 6.07) is 24.8. The molecule has 1 aliphatic heterocycles. The van der Waals surface area contributed by atoms with Gasteiger partial charge < -0.3 is 15.4 Å². The van der Waals surface area contributed by atoms with Gasteiger partial charge in [-0.1, -0.05) is 30.3 Å². The number of ether oxygens (including phenoxy) is 1. The Morgan fingerprint density at radius 3 is 2.46 bits per heavy atom. The maximum atomic E-state index is 10.0. The molecule has 0 bridgehead atoms. The van der Waals surface area contributed by atoms with Crippen molar-refractivity contribution in [1.82, 2.24) is 0 Å². The van der Waals surface area contributed by atoms with Crippen molar-refractivity contribution in [3.05, 3.63) is 77.9 Å². The van der Waals surface area contributed by atoms with Gasteiger partial charge in [0.05, 0.1) is 25.1 Å². The first kappa shape index (κ1) is 17.9. The van der Waals surface area contributed by atoms with Gasteiger partial charge in [0.2, 0.25) is 0 Å². The molecule has 0 aromatic heterocycles. The second-order valence-electron chi connectivity index (χ2n) is 7.01. The molecule has 0 amide bonds. The lowest BCUT2D eigenvalue weighted by atomic mass is 9.90. The van der Waals surface area contributed by atoms with Crippen molar-refractivity contribution in [1.29, 1.82) is 5.26 Å². The van der Waals surface area contributed by atoms with Gasteiger partial charge in [0.15, 0.2) is 0 Å². The number of likely N-dealkylation sites (N-methyl/N-ethyl adjacent to an activating group) is 1. The molecular formula is C24H23N3O. The van der Waals surface area contributed by atoms with E-state index in [1.165, 1.54) is 0 Å². The molecule has 0 radical (unpaired) electrons. The van der Waals surface area contributed by atoms with E-state index in [2.05, 4.69) is 42.2 Å². The van der Waals surface area contributed by atoms with E-state index in [4.69, 9.17) is 10.5 Å². The predicted molar refractivity (Wildman–Crippen MR) is 113 cm³/mol. The summed E-state index contributed by atoms with van der Waals surface area (Å²) in [6.07, 6.45) is 0. The SMILES string of the molecule is CCN1c2ccc(-c3cccc(OC)c3)cc2C(C#N)C1c1ccc(N)cc1. The lowest BCUT2D eigenvalue weighted by Gasteiger charge is -2.28. The summed E-state index contributed by atoms with van der Waals surface area (Å²) in [6.45, 7) is 2.96. The Bertz CT molecular complexity index is 1040. The standard InChI is InChI=1S/C24H23N3O/c1-3-27-23-12-9-18(17-5-4-6-20(13-17)28-2)14-21(23)22(15-25)24(27)16-7-10-19(26)11-8-16/h4-14,22,24H,3,26H2,1-2H3. The topological polar surface area (TPSA) is 62.3 Å². The first-order valence-electron chi connectivity index (χ1n) is 9.46. The molecule has 2 N–H and O–H groups in total. The highest BCUT2D eigenvalue weighted by atomic mass is 16.5. The van der Waals surface area contributed by atoms with Gasteiger partial charge in [-0.05, 0) is 65.6 Å². The van der Waals surface area contributed by atoms with E-state index in [0.29, 0.717) is 0 Å². The van der Waals surface area contributed by atoms with Crippen LogP contribution < -0.4 is 15.4 Å². The Morgan fingerprint density at radius 1 is 1.04 bits per heavy atom. The molecule has 4 rings (SSSR count). The normalized spacial score (nSPS) is 17.8. The molecule has 28 heavy (non-hydrogen) atoms. The third kappa shape index (κ3) is 2.95. The number of fused-ring (bicyclic) bond motifs is 1. The van der Waals surface area contributed by atoms with Crippen molar-refractivity contribution in [2.45, 2.75) is 18.9 Å². The van der Waals surface area contributed by atoms with Gasteiger partial charge >= 0.3 is 0 Å². The quantitative estimate of drug-likeness (QED) is 0.647. The molecule has 3 aromatic rings. The molecule has 140 valence electrons. The van der Waals surface area contributed by atoms with E-state index < -0.39 is 0 Å². The van der Waals surface area contributed by atoms with E-state index in [-0.39, 0.29) is 12.0 Å². The van der Waals surface area contributed by atoms with Crippen molar-refractivity contribution in [2.24, 2.45) is 0 Å². The number of hydrogen-bond donors (Lipinski definition) is 1. The molecule has 4 heteroatoms. The Balaban J connectivity index is 1.80. The smallest absolute Gasteiger partial charge is 0.119 e. The predicted octanol–water partition coefficient (Wildman–Crippen LogP) is 5.13. The lowest BCUT2D eigenvalue weighted by molar-refractivity contribution is 0.415. The highest BCUT2D eigenvalue weighted by molar-refractivity contribution is 5.74. The Labute approximate surface area is 165 Å². The van der Waals surface area contributed by atoms with Crippen molar-refractivity contribution in [3.8, 4) is 22.9 Å². The number of benzene rings is 3. The van der Waals surface area contributed by atoms with Crippen LogP contribution in [-0.2, 0) is 0 Å². The van der Waals surface area contributed by atoms with Crippen LogP contribution in [0.5, 0.6) is 5.75 Å². The zero-order valence-electron chi connectivity index (χ0n) is 16.1. The van der Waals surface area contributed by atoms with E-state index in [1.54, 1.807) is 7.11 Å². The molecule has 1 heterocycles. The average Bonchev–Trinajstić information content (AvgIpc) is 3.07. The number of anilines is 2. The van der Waals surface area contributed by atoms with E-state index in [1.807, 2.05) is 42.5 Å². The van der Waals surface area contributed by atoms with Crippen molar-refractivity contribution in [2.75, 3.05) is 24.3 Å². The second kappa shape index (κ2) is 7.28. The average molecular weight is 369 g/mol.